The topological polar surface area (TPSA) is 97.3 Å². The number of hydrogen-bond donors (Lipinski definition) is 1. The summed E-state index contributed by atoms with van der Waals surface area (Å²) in [6.07, 6.45) is 5.92. The molecular weight excluding hydrogens is 460 g/mol. The van der Waals surface area contributed by atoms with E-state index < -0.39 is 15.9 Å². The third kappa shape index (κ3) is 3.99. The van der Waals surface area contributed by atoms with E-state index in [4.69, 9.17) is 9.73 Å². The summed E-state index contributed by atoms with van der Waals surface area (Å²) in [5, 5.41) is 4.77. The van der Waals surface area contributed by atoms with Crippen LogP contribution in [0.3, 0.4) is 0 Å². The third-order valence-corrected chi connectivity index (χ3v) is 10.0. The third-order valence-electron chi connectivity index (χ3n) is 6.80. The summed E-state index contributed by atoms with van der Waals surface area (Å²) >= 11 is 1.21. The zero-order chi connectivity index (χ0) is 23.1. The number of methoxy groups -OCH3 is 1. The van der Waals surface area contributed by atoms with Crippen molar-refractivity contribution >= 4 is 39.3 Å². The van der Waals surface area contributed by atoms with Crippen molar-refractivity contribution in [3.05, 3.63) is 41.8 Å². The van der Waals surface area contributed by atoms with Gasteiger partial charge in [0, 0.05) is 18.7 Å². The number of aliphatic imine (C=N–C) groups is 1. The Labute approximate surface area is 199 Å². The van der Waals surface area contributed by atoms with Gasteiger partial charge in [-0.3, -0.25) is 15.2 Å². The largest absolute Gasteiger partial charge is 0.592 e. The Morgan fingerprint density at radius 3 is 2.79 bits per heavy atom. The van der Waals surface area contributed by atoms with E-state index in [0.29, 0.717) is 34.4 Å². The van der Waals surface area contributed by atoms with E-state index in [1.165, 1.54) is 22.1 Å². The predicted molar refractivity (Wildman–Crippen MR) is 129 cm³/mol. The number of amidine groups is 1. The number of hydrogen-bond acceptors (Lipinski definition) is 6. The number of sulfonamides is 1. The molecule has 3 fully saturated rings. The van der Waals surface area contributed by atoms with Crippen LogP contribution in [0.4, 0.5) is 10.5 Å². The average molecular weight is 489 g/mol. The molecule has 2 amide bonds. The number of thiophene rings is 1. The molecule has 2 aromatic rings. The normalized spacial score (nSPS) is 27.3. The quantitative estimate of drug-likeness (QED) is 0.642. The molecule has 2 unspecified atom stereocenters. The van der Waals surface area contributed by atoms with Crippen molar-refractivity contribution in [1.82, 2.24) is 9.62 Å². The fraction of sp³-hybridized carbons (Fsp3) is 0.478. The highest BCUT2D eigenvalue weighted by molar-refractivity contribution is 7.97. The average Bonchev–Trinajstić information content (AvgIpc) is 3.56. The highest BCUT2D eigenvalue weighted by atomic mass is 32.3. The molecule has 10 heteroatoms. The maximum atomic E-state index is 13.3. The summed E-state index contributed by atoms with van der Waals surface area (Å²) in [4.78, 5) is 20.0. The van der Waals surface area contributed by atoms with Gasteiger partial charge >= 0.3 is 6.03 Å². The summed E-state index contributed by atoms with van der Waals surface area (Å²) in [7, 11) is -2.06. The van der Waals surface area contributed by atoms with Crippen molar-refractivity contribution < 1.29 is 18.3 Å². The Morgan fingerprint density at radius 1 is 1.24 bits per heavy atom. The highest BCUT2D eigenvalue weighted by Crippen LogP contribution is 2.41. The lowest BCUT2D eigenvalue weighted by Crippen LogP contribution is -2.53. The van der Waals surface area contributed by atoms with Gasteiger partial charge in [0.05, 0.1) is 25.4 Å². The van der Waals surface area contributed by atoms with Gasteiger partial charge in [-0.25, -0.2) is 4.79 Å². The first-order valence-electron chi connectivity index (χ1n) is 11.3. The lowest BCUT2D eigenvalue weighted by Gasteiger charge is -2.34. The van der Waals surface area contributed by atoms with Crippen molar-refractivity contribution in [3.63, 3.8) is 0 Å². The van der Waals surface area contributed by atoms with Crippen molar-refractivity contribution in [2.75, 3.05) is 25.1 Å². The Kier molecular flexibility index (Phi) is 6.02. The SMILES string of the molecule is COc1cccc(N2C(=O)NC(=NC3CCCCC3)C23CCN([S+](=O)([O-])c2cccs2)C3)c1. The van der Waals surface area contributed by atoms with Crippen molar-refractivity contribution in [2.24, 2.45) is 4.99 Å². The number of rotatable bonds is 5. The number of nitrogens with one attached hydrogen (secondary N) is 1. The van der Waals surface area contributed by atoms with Gasteiger partial charge < -0.3 is 9.29 Å². The molecule has 1 aromatic carbocycles. The first kappa shape index (κ1) is 22.5. The van der Waals surface area contributed by atoms with Gasteiger partial charge in [0.15, 0.2) is 10.4 Å². The number of carbonyl (C=O) groups is 1. The summed E-state index contributed by atoms with van der Waals surface area (Å²) in [5.74, 6) is 1.22. The molecule has 1 saturated carbocycles. The molecule has 1 spiro atoms. The summed E-state index contributed by atoms with van der Waals surface area (Å²) in [6.45, 7) is 0.480. The predicted octanol–water partition coefficient (Wildman–Crippen LogP) is 4.07. The van der Waals surface area contributed by atoms with E-state index in [2.05, 4.69) is 5.32 Å². The molecule has 8 nitrogen and oxygen atoms in total. The van der Waals surface area contributed by atoms with Crippen LogP contribution in [0.2, 0.25) is 0 Å². The summed E-state index contributed by atoms with van der Waals surface area (Å²) < 4.78 is 33.8. The molecule has 1 N–H and O–H groups in total. The summed E-state index contributed by atoms with van der Waals surface area (Å²) in [5.41, 5.74) is -0.207. The van der Waals surface area contributed by atoms with Crippen LogP contribution in [-0.2, 0) is 14.6 Å². The number of ether oxygens (including phenoxy) is 1. The minimum atomic E-state index is -3.64. The maximum absolute atomic E-state index is 13.3. The van der Waals surface area contributed by atoms with Crippen LogP contribution in [-0.4, -0.2) is 52.5 Å². The number of benzene rings is 1. The zero-order valence-corrected chi connectivity index (χ0v) is 20.2. The molecule has 5 rings (SSSR count). The molecule has 3 heterocycles. The van der Waals surface area contributed by atoms with Crippen LogP contribution in [0.15, 0.2) is 51.0 Å². The van der Waals surface area contributed by atoms with E-state index in [9.17, 15) is 13.6 Å². The Morgan fingerprint density at radius 2 is 2.06 bits per heavy atom. The lowest BCUT2D eigenvalue weighted by atomic mass is 9.93. The van der Waals surface area contributed by atoms with Crippen molar-refractivity contribution in [2.45, 2.75) is 54.3 Å². The van der Waals surface area contributed by atoms with Gasteiger partial charge in [-0.1, -0.05) is 40.9 Å². The van der Waals surface area contributed by atoms with E-state index in [-0.39, 0.29) is 18.6 Å². The van der Waals surface area contributed by atoms with Gasteiger partial charge in [-0.05, 0) is 42.8 Å². The second-order valence-electron chi connectivity index (χ2n) is 8.79. The van der Waals surface area contributed by atoms with Crippen LogP contribution in [0.5, 0.6) is 5.75 Å². The molecule has 0 bridgehead atoms. The number of amides is 2. The van der Waals surface area contributed by atoms with Crippen LogP contribution in [0.25, 0.3) is 0 Å². The molecule has 0 radical (unpaired) electrons. The number of anilines is 1. The molecule has 1 aromatic heterocycles. The Hall–Kier alpha value is -2.27. The van der Waals surface area contributed by atoms with E-state index in [0.717, 1.165) is 25.7 Å². The molecule has 2 saturated heterocycles. The van der Waals surface area contributed by atoms with Gasteiger partial charge in [-0.15, -0.1) is 4.31 Å². The maximum Gasteiger partial charge on any atom is 0.328 e. The molecule has 2 aliphatic heterocycles. The number of urea groups is 1. The molecule has 2 atom stereocenters. The van der Waals surface area contributed by atoms with Crippen LogP contribution >= 0.6 is 11.3 Å². The standard InChI is InChI=1S/C23H28N4O4S2/c1-31-19-10-5-9-18(15-19)27-22(28)25-21(24-17-7-3-2-4-8-17)23(27)12-13-26(16-23)33(29,30)20-11-6-14-32-20/h5-6,9-11,14-15,17H,2-4,7-8,12-13,16H2,1H3,(H-,24,25,28,29,30). The monoisotopic (exact) mass is 488 g/mol. The van der Waals surface area contributed by atoms with Crippen LogP contribution in [0, 0.1) is 0 Å². The van der Waals surface area contributed by atoms with Gasteiger partial charge in [0.25, 0.3) is 0 Å². The lowest BCUT2D eigenvalue weighted by molar-refractivity contribution is 0.251. The van der Waals surface area contributed by atoms with Gasteiger partial charge in [0.2, 0.25) is 4.21 Å². The first-order valence-corrected chi connectivity index (χ1v) is 13.6. The second-order valence-corrected chi connectivity index (χ2v) is 11.9. The Balaban J connectivity index is 1.56. The van der Waals surface area contributed by atoms with Gasteiger partial charge in [0.1, 0.15) is 17.1 Å². The molecular formula is C23H28N4O4S2. The van der Waals surface area contributed by atoms with Crippen molar-refractivity contribution in [1.29, 1.82) is 0 Å². The van der Waals surface area contributed by atoms with E-state index >= 15 is 0 Å². The minimum absolute atomic E-state index is 0.152. The second kappa shape index (κ2) is 8.83. The fourth-order valence-electron chi connectivity index (χ4n) is 5.11. The van der Waals surface area contributed by atoms with E-state index in [1.807, 2.05) is 18.2 Å². The number of nitrogens with zero attached hydrogens (tertiary/aromatic N) is 3. The molecule has 176 valence electrons. The molecule has 1 aliphatic carbocycles. The molecule has 3 aliphatic rings. The zero-order valence-electron chi connectivity index (χ0n) is 18.6. The van der Waals surface area contributed by atoms with Crippen molar-refractivity contribution in [3.8, 4) is 5.75 Å². The highest BCUT2D eigenvalue weighted by Gasteiger charge is 2.59. The van der Waals surface area contributed by atoms with E-state index in [1.54, 1.807) is 35.6 Å². The number of carbonyl (C=O) groups excluding carboxylic acids is 1. The fourth-order valence-corrected chi connectivity index (χ4v) is 7.75. The molecule has 33 heavy (non-hydrogen) atoms. The van der Waals surface area contributed by atoms with Gasteiger partial charge in [-0.2, -0.15) is 0 Å². The minimum Gasteiger partial charge on any atom is -0.592 e. The first-order chi connectivity index (χ1) is 15.9. The summed E-state index contributed by atoms with van der Waals surface area (Å²) in [6, 6.07) is 10.5. The van der Waals surface area contributed by atoms with Crippen LogP contribution in [0.1, 0.15) is 38.5 Å². The smallest absolute Gasteiger partial charge is 0.328 e. The Bertz CT molecular complexity index is 1100. The van der Waals surface area contributed by atoms with Crippen LogP contribution < -0.4 is 15.0 Å².